The fraction of sp³-hybridized carbons (Fsp3) is 0.571. The molecule has 2 bridgehead atoms. The van der Waals surface area contributed by atoms with Crippen LogP contribution in [-0.4, -0.2) is 16.5 Å². The molecule has 0 aromatic heterocycles. The monoisotopic (exact) mass is 310 g/mol. The van der Waals surface area contributed by atoms with Gasteiger partial charge in [0.05, 0.1) is 5.60 Å². The molecule has 1 spiro atoms. The van der Waals surface area contributed by atoms with E-state index in [1.807, 2.05) is 31.2 Å². The molecule has 0 radical (unpaired) electrons. The molecule has 0 amide bonds. The lowest BCUT2D eigenvalue weighted by molar-refractivity contribution is -0.123. The van der Waals surface area contributed by atoms with Crippen molar-refractivity contribution in [1.82, 2.24) is 0 Å². The van der Waals surface area contributed by atoms with Gasteiger partial charge in [-0.15, -0.1) is 0 Å². The smallest absolute Gasteiger partial charge is 0.159 e. The Morgan fingerprint density at radius 3 is 2.57 bits per heavy atom. The molecule has 1 aromatic rings. The van der Waals surface area contributed by atoms with Crippen molar-refractivity contribution in [3.05, 3.63) is 42.0 Å². The topological polar surface area (TPSA) is 37.3 Å². The van der Waals surface area contributed by atoms with Gasteiger partial charge in [0.1, 0.15) is 0 Å². The van der Waals surface area contributed by atoms with Gasteiger partial charge in [-0.1, -0.05) is 44.2 Å². The first-order chi connectivity index (χ1) is 10.8. The van der Waals surface area contributed by atoms with Crippen LogP contribution in [0.1, 0.15) is 45.6 Å². The van der Waals surface area contributed by atoms with Gasteiger partial charge in [-0.3, -0.25) is 4.79 Å². The fourth-order valence-corrected chi connectivity index (χ4v) is 6.18. The lowest BCUT2D eigenvalue weighted by Gasteiger charge is -2.51. The van der Waals surface area contributed by atoms with Crippen molar-refractivity contribution in [2.24, 2.45) is 29.1 Å². The van der Waals surface area contributed by atoms with E-state index >= 15 is 0 Å². The fourth-order valence-electron chi connectivity index (χ4n) is 6.18. The van der Waals surface area contributed by atoms with Crippen LogP contribution >= 0.6 is 0 Å². The van der Waals surface area contributed by atoms with Gasteiger partial charge < -0.3 is 5.11 Å². The molecule has 1 N–H and O–H groups in total. The van der Waals surface area contributed by atoms with Crippen molar-refractivity contribution in [3.63, 3.8) is 0 Å². The summed E-state index contributed by atoms with van der Waals surface area (Å²) in [7, 11) is 0. The first-order valence-electron chi connectivity index (χ1n) is 8.89. The molecule has 2 fully saturated rings. The van der Waals surface area contributed by atoms with Crippen LogP contribution in [0.25, 0.3) is 5.57 Å². The van der Waals surface area contributed by atoms with E-state index in [2.05, 4.69) is 26.0 Å². The summed E-state index contributed by atoms with van der Waals surface area (Å²) >= 11 is 0. The maximum Gasteiger partial charge on any atom is 0.159 e. The maximum atomic E-state index is 12.7. The molecule has 1 aromatic carbocycles. The molecule has 3 aliphatic carbocycles. The zero-order valence-corrected chi connectivity index (χ0v) is 14.3. The normalized spacial score (nSPS) is 45.6. The van der Waals surface area contributed by atoms with Crippen LogP contribution in [0, 0.1) is 29.1 Å². The number of benzene rings is 1. The molecular weight excluding hydrogens is 284 g/mol. The zero-order valence-electron chi connectivity index (χ0n) is 14.3. The van der Waals surface area contributed by atoms with Crippen molar-refractivity contribution in [2.45, 2.75) is 45.6 Å². The van der Waals surface area contributed by atoms with Gasteiger partial charge in [-0.05, 0) is 61.2 Å². The van der Waals surface area contributed by atoms with E-state index in [0.717, 1.165) is 24.8 Å². The second-order valence-electron chi connectivity index (χ2n) is 8.44. The molecule has 2 saturated carbocycles. The van der Waals surface area contributed by atoms with Crippen LogP contribution in [0.3, 0.4) is 0 Å². The van der Waals surface area contributed by atoms with Gasteiger partial charge >= 0.3 is 0 Å². The van der Waals surface area contributed by atoms with Crippen LogP contribution in [0.15, 0.2) is 36.4 Å². The Labute approximate surface area is 138 Å². The molecule has 122 valence electrons. The number of carbonyl (C=O) groups is 1. The number of ketones is 1. The Bertz CT molecular complexity index is 672. The molecule has 0 aliphatic heterocycles. The highest BCUT2D eigenvalue weighted by Crippen LogP contribution is 2.68. The van der Waals surface area contributed by atoms with Crippen molar-refractivity contribution in [2.75, 3.05) is 0 Å². The van der Waals surface area contributed by atoms with Gasteiger partial charge in [0.15, 0.2) is 5.78 Å². The minimum atomic E-state index is -0.614. The molecule has 2 nitrogen and oxygen atoms in total. The van der Waals surface area contributed by atoms with Crippen molar-refractivity contribution in [3.8, 4) is 0 Å². The van der Waals surface area contributed by atoms with Gasteiger partial charge in [0.25, 0.3) is 0 Å². The van der Waals surface area contributed by atoms with Gasteiger partial charge in [0.2, 0.25) is 0 Å². The average Bonchev–Trinajstić information content (AvgIpc) is 2.71. The SMILES string of the molecule is CC1CC2CC3(CC2(C)O)C(c2ccccc2)=CC(=O)[C@@H](C)C13. The summed E-state index contributed by atoms with van der Waals surface area (Å²) in [5.74, 6) is 1.50. The number of hydrogen-bond donors (Lipinski definition) is 1. The molecule has 23 heavy (non-hydrogen) atoms. The summed E-state index contributed by atoms with van der Waals surface area (Å²) in [6, 6.07) is 10.3. The molecule has 0 heterocycles. The molecular formula is C21H26O2. The summed E-state index contributed by atoms with van der Waals surface area (Å²) in [6.45, 7) is 6.38. The highest BCUT2D eigenvalue weighted by molar-refractivity contribution is 6.01. The number of hydrogen-bond acceptors (Lipinski definition) is 2. The molecule has 5 unspecified atom stereocenters. The summed E-state index contributed by atoms with van der Waals surface area (Å²) < 4.78 is 0. The summed E-state index contributed by atoms with van der Waals surface area (Å²) in [5.41, 5.74) is 1.68. The standard InChI is InChI=1S/C21H26O2/c1-13-9-16-11-21(12-20(16,3)23)17(15-7-5-4-6-8-15)10-18(22)14(2)19(13)21/h4-8,10,13-14,16,19,23H,9,11-12H2,1-3H3/t13?,14-,16?,19?,20?,21?/m1/s1. The third-order valence-electron chi connectivity index (χ3n) is 6.97. The van der Waals surface area contributed by atoms with Gasteiger partial charge in [-0.25, -0.2) is 0 Å². The molecule has 2 heteroatoms. The third kappa shape index (κ3) is 2.00. The average molecular weight is 310 g/mol. The second-order valence-corrected chi connectivity index (χ2v) is 8.44. The summed E-state index contributed by atoms with van der Waals surface area (Å²) in [5, 5.41) is 11.0. The molecule has 0 saturated heterocycles. The Kier molecular flexibility index (Phi) is 3.16. The van der Waals surface area contributed by atoms with E-state index in [0.29, 0.717) is 17.8 Å². The van der Waals surface area contributed by atoms with E-state index in [-0.39, 0.29) is 17.1 Å². The van der Waals surface area contributed by atoms with E-state index in [9.17, 15) is 9.90 Å². The third-order valence-corrected chi connectivity index (χ3v) is 6.97. The number of rotatable bonds is 1. The number of aliphatic hydroxyl groups is 1. The number of carbonyl (C=O) groups excluding carboxylic acids is 1. The predicted octanol–water partition coefficient (Wildman–Crippen LogP) is 4.09. The Balaban J connectivity index is 1.92. The molecule has 3 aliphatic rings. The zero-order chi connectivity index (χ0) is 16.4. The highest BCUT2D eigenvalue weighted by atomic mass is 16.3. The Morgan fingerprint density at radius 2 is 1.87 bits per heavy atom. The van der Waals surface area contributed by atoms with Gasteiger partial charge in [0, 0.05) is 11.3 Å². The van der Waals surface area contributed by atoms with Crippen molar-refractivity contribution >= 4 is 11.4 Å². The lowest BCUT2D eigenvalue weighted by Crippen LogP contribution is -2.46. The minimum absolute atomic E-state index is 0.0412. The Morgan fingerprint density at radius 1 is 1.17 bits per heavy atom. The number of allylic oxidation sites excluding steroid dienone is 2. The summed E-state index contributed by atoms with van der Waals surface area (Å²) in [4.78, 5) is 12.7. The molecule has 4 rings (SSSR count). The minimum Gasteiger partial charge on any atom is -0.390 e. The molecule has 6 atom stereocenters. The Hall–Kier alpha value is -1.41. The first kappa shape index (κ1) is 15.1. The van der Waals surface area contributed by atoms with Crippen LogP contribution < -0.4 is 0 Å². The summed E-state index contributed by atoms with van der Waals surface area (Å²) in [6.07, 6.45) is 4.75. The predicted molar refractivity (Wildman–Crippen MR) is 91.6 cm³/mol. The van der Waals surface area contributed by atoms with Crippen LogP contribution in [0.2, 0.25) is 0 Å². The number of fused-ring (bicyclic) bond motifs is 1. The van der Waals surface area contributed by atoms with E-state index in [1.54, 1.807) is 0 Å². The van der Waals surface area contributed by atoms with E-state index < -0.39 is 5.60 Å². The van der Waals surface area contributed by atoms with Crippen LogP contribution in [0.5, 0.6) is 0 Å². The van der Waals surface area contributed by atoms with E-state index in [4.69, 9.17) is 0 Å². The van der Waals surface area contributed by atoms with E-state index in [1.165, 1.54) is 5.57 Å². The van der Waals surface area contributed by atoms with Crippen molar-refractivity contribution < 1.29 is 9.90 Å². The largest absolute Gasteiger partial charge is 0.390 e. The van der Waals surface area contributed by atoms with Gasteiger partial charge in [-0.2, -0.15) is 0 Å². The maximum absolute atomic E-state index is 12.7. The first-order valence-corrected chi connectivity index (χ1v) is 8.89. The highest BCUT2D eigenvalue weighted by Gasteiger charge is 2.63. The van der Waals surface area contributed by atoms with Crippen LogP contribution in [-0.2, 0) is 4.79 Å². The van der Waals surface area contributed by atoms with Crippen molar-refractivity contribution in [1.29, 1.82) is 0 Å². The lowest BCUT2D eigenvalue weighted by atomic mass is 9.52. The second kappa shape index (κ2) is 4.80. The van der Waals surface area contributed by atoms with Crippen LogP contribution in [0.4, 0.5) is 0 Å². The quantitative estimate of drug-likeness (QED) is 0.848.